The number of nitrogens with zero attached hydrogens (tertiary/aromatic N) is 3. The molecule has 3 rings (SSSR count). The van der Waals surface area contributed by atoms with E-state index in [0.717, 1.165) is 4.90 Å². The molecule has 0 spiro atoms. The molecule has 13 heteroatoms. The van der Waals surface area contributed by atoms with Crippen LogP contribution >= 0.6 is 0 Å². The van der Waals surface area contributed by atoms with Gasteiger partial charge in [0, 0.05) is 6.54 Å². The Morgan fingerprint density at radius 1 is 1.42 bits per heavy atom. The van der Waals surface area contributed by atoms with Gasteiger partial charge in [0.15, 0.2) is 16.1 Å². The molecule has 124 valence electrons. The first-order chi connectivity index (χ1) is 10.7. The van der Waals surface area contributed by atoms with E-state index in [1.807, 2.05) is 0 Å². The number of rotatable bonds is 2. The van der Waals surface area contributed by atoms with Gasteiger partial charge < -0.3 is 13.9 Å². The Morgan fingerprint density at radius 3 is 2.62 bits per heavy atom. The molecule has 0 unspecified atom stereocenters. The number of hydrogen-bond acceptors (Lipinski definition) is 8. The van der Waals surface area contributed by atoms with Gasteiger partial charge in [-0.2, -0.15) is 5.01 Å². The average Bonchev–Trinajstić information content (AvgIpc) is 3.10. The molecule has 1 aromatic heterocycles. The molecule has 0 radical (unpaired) electrons. The zero-order chi connectivity index (χ0) is 16.9. The molecule has 2 N–H and O–H groups in total. The van der Waals surface area contributed by atoms with Crippen LogP contribution in [0.3, 0.4) is 0 Å². The quantitative estimate of drug-likeness (QED) is 0.137. The van der Waals surface area contributed by atoms with Crippen LogP contribution in [-0.2, 0) is 15.1 Å². The van der Waals surface area contributed by atoms with Crippen LogP contribution in [-0.4, -0.2) is 63.7 Å². The molecule has 4 amide bonds. The Bertz CT molecular complexity index is 780. The first kappa shape index (κ1) is 18.9. The van der Waals surface area contributed by atoms with Gasteiger partial charge in [-0.05, 0) is 18.6 Å². The molecule has 2 fully saturated rings. The van der Waals surface area contributed by atoms with Crippen molar-refractivity contribution < 1.29 is 61.3 Å². The van der Waals surface area contributed by atoms with E-state index in [2.05, 4.69) is 0 Å². The Hall–Kier alpha value is -1.44. The van der Waals surface area contributed by atoms with Crippen LogP contribution in [0.4, 0.5) is 4.79 Å². The third-order valence-corrected chi connectivity index (χ3v) is 4.71. The minimum atomic E-state index is -4.92. The van der Waals surface area contributed by atoms with E-state index in [9.17, 15) is 27.4 Å². The molecule has 3 heterocycles. The molecular formula is C11H11N4NaO7S. The maximum Gasteiger partial charge on any atom is 1.00 e. The van der Waals surface area contributed by atoms with E-state index in [1.54, 1.807) is 0 Å². The molecule has 0 saturated carbocycles. The van der Waals surface area contributed by atoms with Crippen molar-refractivity contribution in [1.29, 1.82) is 0 Å². The Balaban J connectivity index is 0.00000208. The Labute approximate surface area is 158 Å². The van der Waals surface area contributed by atoms with E-state index >= 15 is 0 Å². The van der Waals surface area contributed by atoms with Crippen molar-refractivity contribution in [3.63, 3.8) is 0 Å². The van der Waals surface area contributed by atoms with Crippen molar-refractivity contribution in [2.75, 3.05) is 6.54 Å². The van der Waals surface area contributed by atoms with Gasteiger partial charge in [-0.15, -0.1) is 0 Å². The van der Waals surface area contributed by atoms with Gasteiger partial charge in [0.2, 0.25) is 0 Å². The molecule has 11 nitrogen and oxygen atoms in total. The first-order valence-corrected chi connectivity index (χ1v) is 7.82. The van der Waals surface area contributed by atoms with E-state index in [1.165, 1.54) is 18.4 Å². The van der Waals surface area contributed by atoms with Crippen LogP contribution in [0.1, 0.15) is 17.0 Å². The molecule has 2 aliphatic heterocycles. The number of amides is 4. The number of carbonyl (C=O) groups is 3. The molecule has 1 aromatic rings. The average molecular weight is 366 g/mol. The van der Waals surface area contributed by atoms with Crippen LogP contribution in [0.2, 0.25) is 0 Å². The fourth-order valence-corrected chi connectivity index (χ4v) is 3.65. The van der Waals surface area contributed by atoms with Gasteiger partial charge in [-0.25, -0.2) is 23.4 Å². The first-order valence-electron chi connectivity index (χ1n) is 6.46. The predicted octanol–water partition coefficient (Wildman–Crippen LogP) is -4.54. The molecule has 0 aromatic carbocycles. The maximum atomic E-state index is 12.2. The summed E-state index contributed by atoms with van der Waals surface area (Å²) in [4.78, 5) is 37.0. The van der Waals surface area contributed by atoms with Crippen molar-refractivity contribution in [2.24, 2.45) is 5.84 Å². The van der Waals surface area contributed by atoms with Gasteiger partial charge in [-0.3, -0.25) is 9.59 Å². The molecule has 24 heavy (non-hydrogen) atoms. The van der Waals surface area contributed by atoms with Gasteiger partial charge in [0.25, 0.3) is 5.91 Å². The third kappa shape index (κ3) is 2.85. The van der Waals surface area contributed by atoms with Gasteiger partial charge >= 0.3 is 41.5 Å². The smallest absolute Gasteiger partial charge is 0.731 e. The monoisotopic (exact) mass is 366 g/mol. The standard InChI is InChI=1S/C11H12N4O7S.Na/c12-14(9(16)7-2-1-5-22-7)11(18)13-4-3-6-8(13)10(17)15(6)23(19,20)21;/h1-2,5-6,8H,3-4,12H2,(H,19,20,21);/q;+1/p-1/t6-,8+;/m1./s1. The van der Waals surface area contributed by atoms with Crippen LogP contribution < -0.4 is 35.4 Å². The van der Waals surface area contributed by atoms with Crippen LogP contribution in [0.15, 0.2) is 22.8 Å². The molecule has 0 bridgehead atoms. The number of hydrazine groups is 1. The number of likely N-dealkylation sites (tertiary alicyclic amines) is 1. The van der Waals surface area contributed by atoms with E-state index in [0.29, 0.717) is 0 Å². The van der Waals surface area contributed by atoms with E-state index in [4.69, 9.17) is 10.3 Å². The number of urea groups is 1. The number of hydrogen-bond donors (Lipinski definition) is 1. The fraction of sp³-hybridized carbons (Fsp3) is 0.364. The molecule has 2 saturated heterocycles. The molecule has 2 atom stereocenters. The van der Waals surface area contributed by atoms with Crippen LogP contribution in [0, 0.1) is 0 Å². The number of furan rings is 1. The largest absolute Gasteiger partial charge is 1.00 e. The predicted molar refractivity (Wildman–Crippen MR) is 69.9 cm³/mol. The second-order valence-electron chi connectivity index (χ2n) is 5.02. The summed E-state index contributed by atoms with van der Waals surface area (Å²) in [6.07, 6.45) is 1.33. The number of carbonyl (C=O) groups excluding carboxylic acids is 3. The molecule has 0 aliphatic carbocycles. The molecular weight excluding hydrogens is 355 g/mol. The SMILES string of the molecule is NN(C(=O)c1ccco1)C(=O)N1CC[C@@H]2[C@H]1C(=O)N2S(=O)(=O)[O-].[Na+]. The van der Waals surface area contributed by atoms with Gasteiger partial charge in [0.05, 0.1) is 12.3 Å². The molecule has 2 aliphatic rings. The van der Waals surface area contributed by atoms with E-state index < -0.39 is 40.2 Å². The van der Waals surface area contributed by atoms with Crippen LogP contribution in [0.5, 0.6) is 0 Å². The van der Waals surface area contributed by atoms with Crippen LogP contribution in [0.25, 0.3) is 0 Å². The number of nitrogens with two attached hydrogens (primary N) is 1. The summed E-state index contributed by atoms with van der Waals surface area (Å²) >= 11 is 0. The Morgan fingerprint density at radius 2 is 2.08 bits per heavy atom. The second-order valence-corrected chi connectivity index (χ2v) is 6.27. The van der Waals surface area contributed by atoms with Crippen molar-refractivity contribution in [1.82, 2.24) is 14.2 Å². The van der Waals surface area contributed by atoms with Crippen molar-refractivity contribution in [3.8, 4) is 0 Å². The van der Waals surface area contributed by atoms with Crippen molar-refractivity contribution in [2.45, 2.75) is 18.5 Å². The fourth-order valence-electron chi connectivity index (χ4n) is 2.77. The number of imide groups is 1. The summed E-state index contributed by atoms with van der Waals surface area (Å²) in [6.45, 7) is -0.00887. The van der Waals surface area contributed by atoms with Gasteiger partial charge in [-0.1, -0.05) is 0 Å². The third-order valence-electron chi connectivity index (χ3n) is 3.78. The zero-order valence-electron chi connectivity index (χ0n) is 12.5. The van der Waals surface area contributed by atoms with Crippen molar-refractivity contribution in [3.05, 3.63) is 24.2 Å². The summed E-state index contributed by atoms with van der Waals surface area (Å²) in [5.74, 6) is 3.37. The summed E-state index contributed by atoms with van der Waals surface area (Å²) in [6, 6.07) is -0.259. The summed E-state index contributed by atoms with van der Waals surface area (Å²) < 4.78 is 38.0. The minimum Gasteiger partial charge on any atom is -0.731 e. The number of β-lactam (4-membered cyclic amide) rings is 1. The minimum absolute atomic E-state index is 0. The normalized spacial score (nSPS) is 22.5. The topological polar surface area (TPSA) is 157 Å². The summed E-state index contributed by atoms with van der Waals surface area (Å²) in [5.41, 5.74) is 0. The zero-order valence-corrected chi connectivity index (χ0v) is 15.3. The summed E-state index contributed by atoms with van der Waals surface area (Å²) in [5, 5.41) is 0.281. The van der Waals surface area contributed by atoms with Gasteiger partial charge in [0.1, 0.15) is 6.04 Å². The second kappa shape index (κ2) is 6.46. The Kier molecular flexibility index (Phi) is 5.09. The maximum absolute atomic E-state index is 12.2. The summed E-state index contributed by atoms with van der Waals surface area (Å²) in [7, 11) is -4.92. The van der Waals surface area contributed by atoms with Crippen molar-refractivity contribution >= 4 is 28.1 Å². The van der Waals surface area contributed by atoms with E-state index in [-0.39, 0.29) is 57.6 Å². The number of fused-ring (bicyclic) bond motifs is 1.